The standard InChI is InChI=1S/C15H12N2O2/c1-17-9-11(10-5-2-3-8-14(10)17)12-6-4-7-13(16-12)15(18)19/h2-9H,1H3,(H,18,19). The predicted molar refractivity (Wildman–Crippen MR) is 73.1 cm³/mol. The van der Waals surface area contributed by atoms with Gasteiger partial charge in [-0.3, -0.25) is 0 Å². The summed E-state index contributed by atoms with van der Waals surface area (Å²) in [5.74, 6) is -1.01. The van der Waals surface area contributed by atoms with Gasteiger partial charge in [-0.1, -0.05) is 24.3 Å². The molecule has 1 aromatic carbocycles. The first-order valence-corrected chi connectivity index (χ1v) is 5.91. The molecule has 0 unspecified atom stereocenters. The van der Waals surface area contributed by atoms with E-state index < -0.39 is 5.97 Å². The van der Waals surface area contributed by atoms with Crippen molar-refractivity contribution in [3.63, 3.8) is 0 Å². The number of nitrogens with zero attached hydrogens (tertiary/aromatic N) is 2. The van der Waals surface area contributed by atoms with Gasteiger partial charge in [-0.2, -0.15) is 0 Å². The molecule has 0 aliphatic carbocycles. The molecular weight excluding hydrogens is 240 g/mol. The van der Waals surface area contributed by atoms with Crippen LogP contribution >= 0.6 is 0 Å². The third kappa shape index (κ3) is 1.87. The number of rotatable bonds is 2. The number of pyridine rings is 1. The molecule has 0 spiro atoms. The van der Waals surface area contributed by atoms with Crippen LogP contribution in [0.25, 0.3) is 22.2 Å². The van der Waals surface area contributed by atoms with Crippen LogP contribution in [0.15, 0.2) is 48.7 Å². The summed E-state index contributed by atoms with van der Waals surface area (Å²) in [7, 11) is 1.97. The lowest BCUT2D eigenvalue weighted by Crippen LogP contribution is -2.00. The summed E-state index contributed by atoms with van der Waals surface area (Å²) in [6.07, 6.45) is 1.97. The zero-order chi connectivity index (χ0) is 13.4. The van der Waals surface area contributed by atoms with Crippen molar-refractivity contribution in [2.75, 3.05) is 0 Å². The number of fused-ring (bicyclic) bond motifs is 1. The number of carboxylic acid groups (broad SMARTS) is 1. The Labute approximate surface area is 109 Å². The van der Waals surface area contributed by atoms with Crippen LogP contribution in [-0.2, 0) is 7.05 Å². The zero-order valence-corrected chi connectivity index (χ0v) is 10.4. The first-order chi connectivity index (χ1) is 9.16. The average Bonchev–Trinajstić information content (AvgIpc) is 2.77. The van der Waals surface area contributed by atoms with Crippen LogP contribution in [0.5, 0.6) is 0 Å². The van der Waals surface area contributed by atoms with Gasteiger partial charge in [0.2, 0.25) is 0 Å². The molecule has 2 heterocycles. The third-order valence-corrected chi connectivity index (χ3v) is 3.14. The number of aromatic nitrogens is 2. The monoisotopic (exact) mass is 252 g/mol. The summed E-state index contributed by atoms with van der Waals surface area (Å²) >= 11 is 0. The van der Waals surface area contributed by atoms with Crippen LogP contribution in [0, 0.1) is 0 Å². The van der Waals surface area contributed by atoms with Gasteiger partial charge in [0.15, 0.2) is 0 Å². The lowest BCUT2D eigenvalue weighted by Gasteiger charge is -2.00. The van der Waals surface area contributed by atoms with E-state index in [0.717, 1.165) is 16.5 Å². The lowest BCUT2D eigenvalue weighted by atomic mass is 10.1. The minimum atomic E-state index is -1.01. The highest BCUT2D eigenvalue weighted by Crippen LogP contribution is 2.28. The van der Waals surface area contributed by atoms with Gasteiger partial charge >= 0.3 is 5.97 Å². The van der Waals surface area contributed by atoms with E-state index in [0.29, 0.717) is 5.69 Å². The van der Waals surface area contributed by atoms with Crippen LogP contribution in [-0.4, -0.2) is 20.6 Å². The minimum Gasteiger partial charge on any atom is -0.477 e. The molecule has 0 atom stereocenters. The van der Waals surface area contributed by atoms with E-state index in [1.807, 2.05) is 48.1 Å². The zero-order valence-electron chi connectivity index (χ0n) is 10.4. The maximum absolute atomic E-state index is 11.0. The second-order valence-corrected chi connectivity index (χ2v) is 4.38. The van der Waals surface area contributed by atoms with Crippen molar-refractivity contribution in [1.29, 1.82) is 0 Å². The van der Waals surface area contributed by atoms with Gasteiger partial charge in [0.1, 0.15) is 5.69 Å². The van der Waals surface area contributed by atoms with Gasteiger partial charge in [-0.15, -0.1) is 0 Å². The quantitative estimate of drug-likeness (QED) is 0.763. The molecule has 94 valence electrons. The summed E-state index contributed by atoms with van der Waals surface area (Å²) < 4.78 is 2.01. The Morgan fingerprint density at radius 3 is 2.74 bits per heavy atom. The number of carbonyl (C=O) groups is 1. The molecule has 2 aromatic heterocycles. The van der Waals surface area contributed by atoms with Gasteiger partial charge < -0.3 is 9.67 Å². The number of para-hydroxylation sites is 1. The van der Waals surface area contributed by atoms with Gasteiger partial charge in [0.05, 0.1) is 5.69 Å². The molecular formula is C15H12N2O2. The molecule has 3 aromatic rings. The smallest absolute Gasteiger partial charge is 0.354 e. The molecule has 0 fully saturated rings. The molecule has 3 rings (SSSR count). The van der Waals surface area contributed by atoms with E-state index in [1.165, 1.54) is 6.07 Å². The second kappa shape index (κ2) is 4.24. The fraction of sp³-hybridized carbons (Fsp3) is 0.0667. The third-order valence-electron chi connectivity index (χ3n) is 3.14. The van der Waals surface area contributed by atoms with Crippen LogP contribution in [0.1, 0.15) is 10.5 Å². The first-order valence-electron chi connectivity index (χ1n) is 5.91. The van der Waals surface area contributed by atoms with E-state index in [1.54, 1.807) is 6.07 Å². The molecule has 4 heteroatoms. The highest BCUT2D eigenvalue weighted by molar-refractivity contribution is 5.95. The van der Waals surface area contributed by atoms with Crippen molar-refractivity contribution < 1.29 is 9.90 Å². The van der Waals surface area contributed by atoms with Crippen LogP contribution < -0.4 is 0 Å². The number of aromatic carboxylic acids is 1. The van der Waals surface area contributed by atoms with Crippen molar-refractivity contribution >= 4 is 16.9 Å². The number of benzene rings is 1. The molecule has 1 N–H and O–H groups in total. The van der Waals surface area contributed by atoms with Gasteiger partial charge in [-0.05, 0) is 18.2 Å². The van der Waals surface area contributed by atoms with E-state index in [4.69, 9.17) is 5.11 Å². The fourth-order valence-electron chi connectivity index (χ4n) is 2.25. The lowest BCUT2D eigenvalue weighted by molar-refractivity contribution is 0.0690. The summed E-state index contributed by atoms with van der Waals surface area (Å²) in [5.41, 5.74) is 2.78. The summed E-state index contributed by atoms with van der Waals surface area (Å²) in [4.78, 5) is 15.2. The molecule has 0 aliphatic rings. The van der Waals surface area contributed by atoms with Crippen molar-refractivity contribution in [1.82, 2.24) is 9.55 Å². The summed E-state index contributed by atoms with van der Waals surface area (Å²) in [5, 5.41) is 10.1. The SMILES string of the molecule is Cn1cc(-c2cccc(C(=O)O)n2)c2ccccc21. The molecule has 0 saturated carbocycles. The minimum absolute atomic E-state index is 0.0606. The topological polar surface area (TPSA) is 55.1 Å². The number of carboxylic acids is 1. The van der Waals surface area contributed by atoms with Crippen molar-refractivity contribution in [2.24, 2.45) is 7.05 Å². The van der Waals surface area contributed by atoms with E-state index in [2.05, 4.69) is 4.98 Å². The van der Waals surface area contributed by atoms with Crippen molar-refractivity contribution in [3.8, 4) is 11.3 Å². The Balaban J connectivity index is 2.25. The van der Waals surface area contributed by atoms with Crippen LogP contribution in [0.3, 0.4) is 0 Å². The fourth-order valence-corrected chi connectivity index (χ4v) is 2.25. The largest absolute Gasteiger partial charge is 0.477 e. The average molecular weight is 252 g/mol. The maximum Gasteiger partial charge on any atom is 0.354 e. The molecule has 0 saturated heterocycles. The Morgan fingerprint density at radius 2 is 1.95 bits per heavy atom. The van der Waals surface area contributed by atoms with Crippen molar-refractivity contribution in [2.45, 2.75) is 0 Å². The molecule has 0 aliphatic heterocycles. The predicted octanol–water partition coefficient (Wildman–Crippen LogP) is 2.94. The molecule has 19 heavy (non-hydrogen) atoms. The summed E-state index contributed by atoms with van der Waals surface area (Å²) in [6.45, 7) is 0. The Hall–Kier alpha value is -2.62. The van der Waals surface area contributed by atoms with Gasteiger partial charge in [0.25, 0.3) is 0 Å². The second-order valence-electron chi connectivity index (χ2n) is 4.38. The summed E-state index contributed by atoms with van der Waals surface area (Å²) in [6, 6.07) is 13.0. The molecule has 0 amide bonds. The van der Waals surface area contributed by atoms with Crippen LogP contribution in [0.4, 0.5) is 0 Å². The molecule has 4 nitrogen and oxygen atoms in total. The Bertz CT molecular complexity index is 775. The maximum atomic E-state index is 11.0. The van der Waals surface area contributed by atoms with E-state index in [-0.39, 0.29) is 5.69 Å². The number of aryl methyl sites for hydroxylation is 1. The Kier molecular flexibility index (Phi) is 2.56. The number of hydrogen-bond acceptors (Lipinski definition) is 2. The van der Waals surface area contributed by atoms with Crippen LogP contribution in [0.2, 0.25) is 0 Å². The Morgan fingerprint density at radius 1 is 1.16 bits per heavy atom. The highest BCUT2D eigenvalue weighted by atomic mass is 16.4. The van der Waals surface area contributed by atoms with Gasteiger partial charge in [0, 0.05) is 29.7 Å². The molecule has 0 bridgehead atoms. The first kappa shape index (κ1) is 11.5. The van der Waals surface area contributed by atoms with E-state index in [9.17, 15) is 4.79 Å². The van der Waals surface area contributed by atoms with E-state index >= 15 is 0 Å². The number of hydrogen-bond donors (Lipinski definition) is 1. The van der Waals surface area contributed by atoms with Crippen molar-refractivity contribution in [3.05, 3.63) is 54.4 Å². The molecule has 0 radical (unpaired) electrons. The normalized spacial score (nSPS) is 10.8. The van der Waals surface area contributed by atoms with Gasteiger partial charge in [-0.25, -0.2) is 9.78 Å². The highest BCUT2D eigenvalue weighted by Gasteiger charge is 2.11.